The van der Waals surface area contributed by atoms with E-state index < -0.39 is 29.7 Å². The van der Waals surface area contributed by atoms with Crippen LogP contribution in [0.15, 0.2) is 102 Å². The molecule has 1 unspecified atom stereocenters. The number of phenols is 1. The molecule has 0 radical (unpaired) electrons. The summed E-state index contributed by atoms with van der Waals surface area (Å²) in [6.07, 6.45) is 1.60. The summed E-state index contributed by atoms with van der Waals surface area (Å²) in [7, 11) is 0. The highest BCUT2D eigenvalue weighted by atomic mass is 35.5. The summed E-state index contributed by atoms with van der Waals surface area (Å²) in [6, 6.07) is 29.0. The number of alkyl halides is 1. The van der Waals surface area contributed by atoms with Crippen LogP contribution in [0.5, 0.6) is 11.5 Å². The third kappa shape index (κ3) is 8.81. The smallest absolute Gasteiger partial charge is 0.263 e. The zero-order valence-corrected chi connectivity index (χ0v) is 30.4. The fourth-order valence-corrected chi connectivity index (χ4v) is 7.69. The molecule has 1 atom stereocenters. The number of benzene rings is 4. The van der Waals surface area contributed by atoms with E-state index in [9.17, 15) is 29.1 Å². The van der Waals surface area contributed by atoms with Crippen LogP contribution < -0.4 is 15.4 Å². The van der Waals surface area contributed by atoms with Crippen molar-refractivity contribution in [3.05, 3.63) is 125 Å². The number of carbonyl (C=O) groups excluding carboxylic acids is 5. The van der Waals surface area contributed by atoms with Gasteiger partial charge in [0.1, 0.15) is 24.1 Å². The first-order valence-electron chi connectivity index (χ1n) is 17.4. The van der Waals surface area contributed by atoms with Crippen molar-refractivity contribution in [2.45, 2.75) is 43.0 Å². The van der Waals surface area contributed by atoms with Gasteiger partial charge in [-0.05, 0) is 89.3 Å². The molecule has 12 heteroatoms. The second-order valence-electron chi connectivity index (χ2n) is 12.5. The molecule has 272 valence electrons. The van der Waals surface area contributed by atoms with Crippen molar-refractivity contribution < 1.29 is 33.8 Å². The van der Waals surface area contributed by atoms with E-state index in [1.807, 2.05) is 54.6 Å². The molecular formula is C41H38ClN3O7S. The van der Waals surface area contributed by atoms with Gasteiger partial charge in [0.15, 0.2) is 0 Å². The van der Waals surface area contributed by atoms with E-state index >= 15 is 0 Å². The van der Waals surface area contributed by atoms with E-state index in [4.69, 9.17) is 16.3 Å². The number of amides is 5. The maximum atomic E-state index is 13.3. The Morgan fingerprint density at radius 2 is 1.58 bits per heavy atom. The highest BCUT2D eigenvalue weighted by Gasteiger charge is 2.45. The van der Waals surface area contributed by atoms with Crippen molar-refractivity contribution in [2.75, 3.05) is 24.8 Å². The molecule has 2 aliphatic rings. The minimum absolute atomic E-state index is 0.0559. The van der Waals surface area contributed by atoms with Crippen molar-refractivity contribution in [2.24, 2.45) is 0 Å². The highest BCUT2D eigenvalue weighted by Crippen LogP contribution is 2.37. The number of carbonyl (C=O) groups is 5. The second kappa shape index (κ2) is 17.4. The van der Waals surface area contributed by atoms with E-state index in [0.29, 0.717) is 41.7 Å². The summed E-state index contributed by atoms with van der Waals surface area (Å²) >= 11 is 7.64. The van der Waals surface area contributed by atoms with Crippen molar-refractivity contribution >= 4 is 64.0 Å². The van der Waals surface area contributed by atoms with Crippen molar-refractivity contribution in [1.82, 2.24) is 15.5 Å². The van der Waals surface area contributed by atoms with Crippen LogP contribution in [0, 0.1) is 0 Å². The lowest BCUT2D eigenvalue weighted by atomic mass is 9.88. The van der Waals surface area contributed by atoms with Gasteiger partial charge in [-0.15, -0.1) is 23.4 Å². The van der Waals surface area contributed by atoms with Crippen LogP contribution in [0.4, 0.5) is 0 Å². The Labute approximate surface area is 316 Å². The van der Waals surface area contributed by atoms with Crippen LogP contribution in [-0.4, -0.2) is 70.4 Å². The molecule has 0 aliphatic carbocycles. The van der Waals surface area contributed by atoms with E-state index in [0.717, 1.165) is 32.7 Å². The van der Waals surface area contributed by atoms with Crippen molar-refractivity contribution in [1.29, 1.82) is 0 Å². The molecule has 0 bridgehead atoms. The lowest BCUT2D eigenvalue weighted by Crippen LogP contribution is -2.54. The van der Waals surface area contributed by atoms with Crippen LogP contribution in [0.2, 0.25) is 0 Å². The molecule has 3 N–H and O–H groups in total. The summed E-state index contributed by atoms with van der Waals surface area (Å²) < 4.78 is 5.92. The van der Waals surface area contributed by atoms with Gasteiger partial charge in [-0.3, -0.25) is 34.2 Å². The van der Waals surface area contributed by atoms with Gasteiger partial charge >= 0.3 is 0 Å². The Kier molecular flexibility index (Phi) is 12.3. The summed E-state index contributed by atoms with van der Waals surface area (Å²) in [5, 5.41) is 15.0. The zero-order valence-electron chi connectivity index (χ0n) is 28.8. The molecule has 0 spiro atoms. The molecule has 5 amide bonds. The molecule has 53 heavy (non-hydrogen) atoms. The number of halogens is 1. The fraction of sp³-hybridized carbons (Fsp3) is 0.244. The number of phenolic OH excluding ortho intramolecular Hbond substituents is 1. The van der Waals surface area contributed by atoms with Crippen LogP contribution in [0.25, 0.3) is 11.1 Å². The van der Waals surface area contributed by atoms with Crippen molar-refractivity contribution in [3.63, 3.8) is 0 Å². The molecule has 2 aliphatic heterocycles. The average molecular weight is 752 g/mol. The molecule has 4 aromatic carbocycles. The molecule has 4 aromatic rings. The summed E-state index contributed by atoms with van der Waals surface area (Å²) in [4.78, 5) is 64.5. The quantitative estimate of drug-likeness (QED) is 0.0414. The van der Waals surface area contributed by atoms with Crippen LogP contribution in [-0.2, 0) is 14.4 Å². The second-order valence-corrected chi connectivity index (χ2v) is 14.0. The van der Waals surface area contributed by atoms with Crippen LogP contribution >= 0.6 is 23.4 Å². The average Bonchev–Trinajstić information content (AvgIpc) is 3.42. The summed E-state index contributed by atoms with van der Waals surface area (Å²) in [5.74, 6) is -0.475. The lowest BCUT2D eigenvalue weighted by Gasteiger charge is -2.27. The van der Waals surface area contributed by atoms with E-state index in [2.05, 4.69) is 22.8 Å². The first-order valence-corrected chi connectivity index (χ1v) is 18.9. The standard InChI is InChI=1S/C41H38ClN3O7S/c42-22-21-31(26-6-2-1-3-7-26)37(27-11-15-29(46)16-12-27)28-13-17-30(18-14-28)52-24-23-43-35(47)10-5-25-53-34-9-4-8-32-38(34)41(51)45(40(32)50)33-19-20-36(48)44-39(33)49/h1-4,6-9,11-18,33,46H,5,10,19-25H2,(H,43,47)(H,44,48,49). The van der Waals surface area contributed by atoms with Gasteiger partial charge in [-0.25, -0.2) is 0 Å². The van der Waals surface area contributed by atoms with Gasteiger partial charge in [0.25, 0.3) is 11.8 Å². The number of thioether (sulfide) groups is 1. The number of hydrogen-bond acceptors (Lipinski definition) is 8. The Morgan fingerprint density at radius 3 is 2.28 bits per heavy atom. The Bertz CT molecular complexity index is 2030. The Morgan fingerprint density at radius 1 is 0.868 bits per heavy atom. The summed E-state index contributed by atoms with van der Waals surface area (Å²) in [5.41, 5.74) is 5.58. The van der Waals surface area contributed by atoms with Gasteiger partial charge in [-0.1, -0.05) is 60.7 Å². The molecule has 0 aromatic heterocycles. The molecule has 2 heterocycles. The van der Waals surface area contributed by atoms with E-state index in [-0.39, 0.29) is 48.7 Å². The SMILES string of the molecule is O=C(CCCSc1cccc2c1C(=O)N(C1CCC(=O)NC1=O)C2=O)NCCOc1ccc(C(=C(CCCl)c2ccccc2)c2ccc(O)cc2)cc1. The first-order chi connectivity index (χ1) is 25.7. The third-order valence-electron chi connectivity index (χ3n) is 9.00. The molecular weight excluding hydrogens is 714 g/mol. The molecule has 1 saturated heterocycles. The molecule has 10 nitrogen and oxygen atoms in total. The number of aromatic hydroxyl groups is 1. The predicted molar refractivity (Wildman–Crippen MR) is 204 cm³/mol. The number of ether oxygens (including phenoxy) is 1. The van der Waals surface area contributed by atoms with Gasteiger partial charge < -0.3 is 15.2 Å². The van der Waals surface area contributed by atoms with Crippen LogP contribution in [0.1, 0.15) is 69.5 Å². The normalized spacial score (nSPS) is 15.9. The Hall–Kier alpha value is -5.39. The number of nitrogens with one attached hydrogen (secondary N) is 2. The number of piperidine rings is 1. The maximum absolute atomic E-state index is 13.3. The monoisotopic (exact) mass is 751 g/mol. The van der Waals surface area contributed by atoms with E-state index in [1.165, 1.54) is 11.8 Å². The lowest BCUT2D eigenvalue weighted by molar-refractivity contribution is -0.136. The third-order valence-corrected chi connectivity index (χ3v) is 10.3. The van der Waals surface area contributed by atoms with Gasteiger partial charge in [-0.2, -0.15) is 0 Å². The predicted octanol–water partition coefficient (Wildman–Crippen LogP) is 6.45. The maximum Gasteiger partial charge on any atom is 0.263 e. The number of hydrogen-bond donors (Lipinski definition) is 3. The van der Waals surface area contributed by atoms with E-state index in [1.54, 1.807) is 30.3 Å². The van der Waals surface area contributed by atoms with Crippen molar-refractivity contribution in [3.8, 4) is 11.5 Å². The number of nitrogens with zero attached hydrogens (tertiary/aromatic N) is 1. The minimum atomic E-state index is -1.02. The molecule has 6 rings (SSSR count). The first kappa shape index (κ1) is 37.4. The van der Waals surface area contributed by atoms with Crippen LogP contribution in [0.3, 0.4) is 0 Å². The van der Waals surface area contributed by atoms with Gasteiger partial charge in [0, 0.05) is 23.6 Å². The largest absolute Gasteiger partial charge is 0.508 e. The number of imide groups is 2. The van der Waals surface area contributed by atoms with Gasteiger partial charge in [0.05, 0.1) is 17.7 Å². The zero-order chi connectivity index (χ0) is 37.3. The molecule has 0 saturated carbocycles. The van der Waals surface area contributed by atoms with Gasteiger partial charge in [0.2, 0.25) is 17.7 Å². The number of rotatable bonds is 15. The Balaban J connectivity index is 0.988. The topological polar surface area (TPSA) is 142 Å². The molecule has 1 fully saturated rings. The fourth-order valence-electron chi connectivity index (χ4n) is 6.48. The number of allylic oxidation sites excluding steroid dienone is 1. The highest BCUT2D eigenvalue weighted by molar-refractivity contribution is 7.99. The minimum Gasteiger partial charge on any atom is -0.508 e. The summed E-state index contributed by atoms with van der Waals surface area (Å²) in [6.45, 7) is 0.594. The number of fused-ring (bicyclic) bond motifs is 1.